The van der Waals surface area contributed by atoms with Gasteiger partial charge in [0, 0.05) is 12.6 Å². The molecular formula is C19H24N2O. The Kier molecular flexibility index (Phi) is 5.59. The average Bonchev–Trinajstić information content (AvgIpc) is 2.54. The van der Waals surface area contributed by atoms with E-state index in [1.807, 2.05) is 86.3 Å². The molecule has 0 spiro atoms. The van der Waals surface area contributed by atoms with Crippen LogP contribution in [0.1, 0.15) is 37.9 Å². The number of amides is 2. The molecule has 1 N–H and O–H groups in total. The molecule has 0 radical (unpaired) electrons. The third-order valence-corrected chi connectivity index (χ3v) is 3.72. The molecule has 0 bridgehead atoms. The van der Waals surface area contributed by atoms with Gasteiger partial charge in [0.1, 0.15) is 0 Å². The van der Waals surface area contributed by atoms with Crippen LogP contribution in [0.3, 0.4) is 0 Å². The molecule has 3 heteroatoms. The number of carbonyl (C=O) groups is 1. The minimum Gasteiger partial charge on any atom is -0.331 e. The molecule has 1 unspecified atom stereocenters. The lowest BCUT2D eigenvalue weighted by Gasteiger charge is -2.29. The number of hydrogen-bond donors (Lipinski definition) is 1. The highest BCUT2D eigenvalue weighted by atomic mass is 16.2. The standard InChI is InChI=1S/C19H24N2O/c1-15(2)21(14-17-10-6-4-7-11-17)19(22)20-16(3)18-12-8-5-9-13-18/h4-13,15-16H,14H2,1-3H3,(H,20,22). The van der Waals surface area contributed by atoms with E-state index < -0.39 is 0 Å². The number of urea groups is 1. The Morgan fingerprint density at radius 2 is 1.50 bits per heavy atom. The molecule has 1 atom stereocenters. The first-order valence-electron chi connectivity index (χ1n) is 7.74. The van der Waals surface area contributed by atoms with Crippen LogP contribution in [0.5, 0.6) is 0 Å². The predicted molar refractivity (Wildman–Crippen MR) is 90.5 cm³/mol. The molecule has 0 aliphatic carbocycles. The van der Waals surface area contributed by atoms with E-state index in [0.29, 0.717) is 6.54 Å². The molecule has 116 valence electrons. The highest BCUT2D eigenvalue weighted by molar-refractivity contribution is 5.75. The highest BCUT2D eigenvalue weighted by Crippen LogP contribution is 2.14. The normalized spacial score (nSPS) is 12.0. The maximum atomic E-state index is 12.6. The van der Waals surface area contributed by atoms with Gasteiger partial charge in [-0.2, -0.15) is 0 Å². The number of carbonyl (C=O) groups excluding carboxylic acids is 1. The number of hydrogen-bond acceptors (Lipinski definition) is 1. The summed E-state index contributed by atoms with van der Waals surface area (Å²) in [5.41, 5.74) is 2.25. The Labute approximate surface area is 133 Å². The zero-order valence-corrected chi connectivity index (χ0v) is 13.5. The van der Waals surface area contributed by atoms with Crippen molar-refractivity contribution in [1.29, 1.82) is 0 Å². The molecule has 2 aromatic rings. The third kappa shape index (κ3) is 4.35. The zero-order valence-electron chi connectivity index (χ0n) is 13.5. The van der Waals surface area contributed by atoms with Crippen molar-refractivity contribution in [3.8, 4) is 0 Å². The summed E-state index contributed by atoms with van der Waals surface area (Å²) in [5, 5.41) is 3.08. The van der Waals surface area contributed by atoms with Crippen molar-refractivity contribution in [1.82, 2.24) is 10.2 Å². The van der Waals surface area contributed by atoms with E-state index in [0.717, 1.165) is 11.1 Å². The van der Waals surface area contributed by atoms with Crippen LogP contribution in [-0.4, -0.2) is 17.0 Å². The summed E-state index contributed by atoms with van der Waals surface area (Å²) in [6.07, 6.45) is 0. The largest absolute Gasteiger partial charge is 0.331 e. The van der Waals surface area contributed by atoms with Crippen molar-refractivity contribution in [3.05, 3.63) is 71.8 Å². The van der Waals surface area contributed by atoms with E-state index >= 15 is 0 Å². The van der Waals surface area contributed by atoms with Gasteiger partial charge < -0.3 is 10.2 Å². The number of nitrogens with zero attached hydrogens (tertiary/aromatic N) is 1. The van der Waals surface area contributed by atoms with Crippen LogP contribution in [0.2, 0.25) is 0 Å². The summed E-state index contributed by atoms with van der Waals surface area (Å²) in [6.45, 7) is 6.70. The second kappa shape index (κ2) is 7.64. The molecule has 0 aromatic heterocycles. The quantitative estimate of drug-likeness (QED) is 0.873. The maximum Gasteiger partial charge on any atom is 0.318 e. The summed E-state index contributed by atoms with van der Waals surface area (Å²) in [4.78, 5) is 14.4. The van der Waals surface area contributed by atoms with Crippen molar-refractivity contribution >= 4 is 6.03 Å². The van der Waals surface area contributed by atoms with Crippen LogP contribution in [0.4, 0.5) is 4.79 Å². The first-order chi connectivity index (χ1) is 10.6. The lowest BCUT2D eigenvalue weighted by molar-refractivity contribution is 0.176. The second-order valence-electron chi connectivity index (χ2n) is 5.79. The second-order valence-corrected chi connectivity index (χ2v) is 5.79. The molecule has 0 heterocycles. The Morgan fingerprint density at radius 3 is 2.05 bits per heavy atom. The van der Waals surface area contributed by atoms with Crippen LogP contribution < -0.4 is 5.32 Å². The first kappa shape index (κ1) is 16.1. The molecule has 2 aromatic carbocycles. The van der Waals surface area contributed by atoms with Crippen LogP contribution in [0, 0.1) is 0 Å². The van der Waals surface area contributed by atoms with E-state index in [4.69, 9.17) is 0 Å². The van der Waals surface area contributed by atoms with Gasteiger partial charge >= 0.3 is 6.03 Å². The fraction of sp³-hybridized carbons (Fsp3) is 0.316. The molecule has 22 heavy (non-hydrogen) atoms. The summed E-state index contributed by atoms with van der Waals surface area (Å²) in [7, 11) is 0. The van der Waals surface area contributed by atoms with Crippen molar-refractivity contribution in [2.24, 2.45) is 0 Å². The van der Waals surface area contributed by atoms with Gasteiger partial charge in [0.2, 0.25) is 0 Å². The number of benzene rings is 2. The summed E-state index contributed by atoms with van der Waals surface area (Å²) >= 11 is 0. The fourth-order valence-electron chi connectivity index (χ4n) is 2.36. The number of nitrogens with one attached hydrogen (secondary N) is 1. The van der Waals surface area contributed by atoms with Crippen molar-refractivity contribution in [2.75, 3.05) is 0 Å². The molecule has 0 aliphatic rings. The molecule has 0 saturated carbocycles. The van der Waals surface area contributed by atoms with Crippen LogP contribution in [0.25, 0.3) is 0 Å². The number of rotatable bonds is 5. The van der Waals surface area contributed by atoms with E-state index in [9.17, 15) is 4.79 Å². The van der Waals surface area contributed by atoms with Crippen LogP contribution >= 0.6 is 0 Å². The van der Waals surface area contributed by atoms with E-state index in [-0.39, 0.29) is 18.1 Å². The van der Waals surface area contributed by atoms with Gasteiger partial charge in [-0.05, 0) is 31.9 Å². The molecule has 2 rings (SSSR count). The Balaban J connectivity index is 2.04. The van der Waals surface area contributed by atoms with Crippen molar-refractivity contribution in [3.63, 3.8) is 0 Å². The van der Waals surface area contributed by atoms with Crippen LogP contribution in [-0.2, 0) is 6.54 Å². The Bertz CT molecular complexity index is 581. The zero-order chi connectivity index (χ0) is 15.9. The lowest BCUT2D eigenvalue weighted by Crippen LogP contribution is -2.44. The minimum atomic E-state index is -0.0322. The van der Waals surface area contributed by atoms with Gasteiger partial charge in [-0.3, -0.25) is 0 Å². The van der Waals surface area contributed by atoms with Crippen molar-refractivity contribution < 1.29 is 4.79 Å². The SMILES string of the molecule is CC(NC(=O)N(Cc1ccccc1)C(C)C)c1ccccc1. The lowest BCUT2D eigenvalue weighted by atomic mass is 10.1. The fourth-order valence-corrected chi connectivity index (χ4v) is 2.36. The van der Waals surface area contributed by atoms with Gasteiger partial charge in [-0.15, -0.1) is 0 Å². The van der Waals surface area contributed by atoms with Gasteiger partial charge in [0.25, 0.3) is 0 Å². The molecule has 0 aliphatic heterocycles. The third-order valence-electron chi connectivity index (χ3n) is 3.72. The smallest absolute Gasteiger partial charge is 0.318 e. The van der Waals surface area contributed by atoms with Gasteiger partial charge in [0.05, 0.1) is 6.04 Å². The molecule has 0 saturated heterocycles. The predicted octanol–water partition coefficient (Wildman–Crippen LogP) is 4.37. The van der Waals surface area contributed by atoms with E-state index in [2.05, 4.69) is 5.32 Å². The Morgan fingerprint density at radius 1 is 0.955 bits per heavy atom. The molecule has 0 fully saturated rings. The van der Waals surface area contributed by atoms with E-state index in [1.165, 1.54) is 0 Å². The monoisotopic (exact) mass is 296 g/mol. The minimum absolute atomic E-state index is 0.00859. The highest BCUT2D eigenvalue weighted by Gasteiger charge is 2.19. The molecule has 2 amide bonds. The summed E-state index contributed by atoms with van der Waals surface area (Å²) < 4.78 is 0. The van der Waals surface area contributed by atoms with Crippen LogP contribution in [0.15, 0.2) is 60.7 Å². The van der Waals surface area contributed by atoms with Gasteiger partial charge in [-0.1, -0.05) is 60.7 Å². The van der Waals surface area contributed by atoms with E-state index in [1.54, 1.807) is 0 Å². The topological polar surface area (TPSA) is 32.3 Å². The summed E-state index contributed by atoms with van der Waals surface area (Å²) in [5.74, 6) is 0. The Hall–Kier alpha value is -2.29. The maximum absolute atomic E-state index is 12.6. The molecule has 3 nitrogen and oxygen atoms in total. The summed E-state index contributed by atoms with van der Waals surface area (Å²) in [6, 6.07) is 20.2. The average molecular weight is 296 g/mol. The first-order valence-corrected chi connectivity index (χ1v) is 7.74. The molecular weight excluding hydrogens is 272 g/mol. The van der Waals surface area contributed by atoms with Gasteiger partial charge in [-0.25, -0.2) is 4.79 Å². The van der Waals surface area contributed by atoms with Gasteiger partial charge in [0.15, 0.2) is 0 Å². The van der Waals surface area contributed by atoms with Crippen molar-refractivity contribution in [2.45, 2.75) is 39.4 Å².